The summed E-state index contributed by atoms with van der Waals surface area (Å²) in [7, 11) is 0. The number of hydrogen-bond donors (Lipinski definition) is 0. The summed E-state index contributed by atoms with van der Waals surface area (Å²) >= 11 is 0. The zero-order chi connectivity index (χ0) is 21.0. The van der Waals surface area contributed by atoms with Crippen LogP contribution in [0.25, 0.3) is 17.1 Å². The molecular weight excluding hydrogens is 382 g/mol. The molecule has 0 radical (unpaired) electrons. The Balaban J connectivity index is 1.40. The molecule has 0 amide bonds. The molecule has 1 aromatic carbocycles. The van der Waals surface area contributed by atoms with E-state index in [0.717, 1.165) is 44.4 Å². The summed E-state index contributed by atoms with van der Waals surface area (Å²) in [4.78, 5) is 14.1. The van der Waals surface area contributed by atoms with Gasteiger partial charge in [0.1, 0.15) is 11.6 Å². The van der Waals surface area contributed by atoms with Gasteiger partial charge in [-0.1, -0.05) is 42.5 Å². The van der Waals surface area contributed by atoms with E-state index < -0.39 is 0 Å². The fraction of sp³-hybridized carbons (Fsp3) is 0.231. The zero-order valence-electron chi connectivity index (χ0n) is 17.9. The lowest BCUT2D eigenvalue weighted by Gasteiger charge is -2.35. The van der Waals surface area contributed by atoms with E-state index in [1.807, 2.05) is 30.6 Å². The zero-order valence-corrected chi connectivity index (χ0v) is 17.9. The Morgan fingerprint density at radius 3 is 2.03 bits per heavy atom. The van der Waals surface area contributed by atoms with Gasteiger partial charge >= 0.3 is 0 Å². The number of hydrogen-bond acceptors (Lipinski definition) is 4. The largest absolute Gasteiger partial charge is 0.354 e. The molecule has 0 bridgehead atoms. The van der Waals surface area contributed by atoms with Crippen LogP contribution >= 0.6 is 0 Å². The molecule has 4 aromatic rings. The van der Waals surface area contributed by atoms with E-state index in [0.29, 0.717) is 0 Å². The van der Waals surface area contributed by atoms with Gasteiger partial charge in [-0.3, -0.25) is 9.47 Å². The average molecular weight is 410 g/mol. The van der Waals surface area contributed by atoms with Crippen LogP contribution in [0.15, 0.2) is 85.2 Å². The van der Waals surface area contributed by atoms with Crippen molar-refractivity contribution >= 4 is 5.82 Å². The van der Waals surface area contributed by atoms with Gasteiger partial charge in [-0.05, 0) is 48.4 Å². The van der Waals surface area contributed by atoms with Crippen LogP contribution in [-0.4, -0.2) is 45.6 Å². The van der Waals surface area contributed by atoms with Crippen molar-refractivity contribution in [1.29, 1.82) is 0 Å². The molecule has 0 saturated carbocycles. The lowest BCUT2D eigenvalue weighted by Crippen LogP contribution is -2.46. The number of piperazine rings is 1. The molecule has 0 aliphatic carbocycles. The maximum Gasteiger partial charge on any atom is 0.137 e. The Kier molecular flexibility index (Phi) is 5.50. The minimum Gasteiger partial charge on any atom is -0.354 e. The van der Waals surface area contributed by atoms with E-state index in [-0.39, 0.29) is 0 Å². The average Bonchev–Trinajstić information content (AvgIpc) is 3.17. The van der Waals surface area contributed by atoms with E-state index in [2.05, 4.69) is 85.9 Å². The molecule has 0 atom stereocenters. The minimum absolute atomic E-state index is 0.946. The molecule has 5 heteroatoms. The molecule has 4 heterocycles. The number of benzene rings is 1. The van der Waals surface area contributed by atoms with Crippen molar-refractivity contribution < 1.29 is 0 Å². The van der Waals surface area contributed by atoms with Crippen molar-refractivity contribution in [2.24, 2.45) is 0 Å². The third-order valence-corrected chi connectivity index (χ3v) is 6.04. The third kappa shape index (κ3) is 4.09. The second-order valence-corrected chi connectivity index (χ2v) is 7.98. The Bertz CT molecular complexity index is 1110. The molecule has 1 fully saturated rings. The van der Waals surface area contributed by atoms with Crippen LogP contribution in [0.1, 0.15) is 11.3 Å². The van der Waals surface area contributed by atoms with Crippen molar-refractivity contribution in [3.63, 3.8) is 0 Å². The van der Waals surface area contributed by atoms with Crippen LogP contribution < -0.4 is 4.90 Å². The van der Waals surface area contributed by atoms with Gasteiger partial charge in [0.25, 0.3) is 0 Å². The molecule has 31 heavy (non-hydrogen) atoms. The highest BCUT2D eigenvalue weighted by atomic mass is 15.3. The van der Waals surface area contributed by atoms with Crippen LogP contribution in [0, 0.1) is 6.92 Å². The monoisotopic (exact) mass is 409 g/mol. The fourth-order valence-electron chi connectivity index (χ4n) is 4.34. The van der Waals surface area contributed by atoms with E-state index in [1.54, 1.807) is 0 Å². The van der Waals surface area contributed by atoms with Gasteiger partial charge in [-0.2, -0.15) is 0 Å². The number of anilines is 1. The van der Waals surface area contributed by atoms with E-state index >= 15 is 0 Å². The van der Waals surface area contributed by atoms with Crippen LogP contribution in [0.3, 0.4) is 0 Å². The predicted molar refractivity (Wildman–Crippen MR) is 125 cm³/mol. The first-order valence-corrected chi connectivity index (χ1v) is 10.9. The second kappa shape index (κ2) is 8.74. The highest BCUT2D eigenvalue weighted by Crippen LogP contribution is 2.29. The molecule has 1 aliphatic heterocycles. The Morgan fingerprint density at radius 1 is 0.742 bits per heavy atom. The Hall–Kier alpha value is -3.44. The van der Waals surface area contributed by atoms with Crippen LogP contribution in [0.4, 0.5) is 5.82 Å². The number of rotatable bonds is 5. The van der Waals surface area contributed by atoms with Crippen molar-refractivity contribution in [2.75, 3.05) is 31.1 Å². The summed E-state index contributed by atoms with van der Waals surface area (Å²) in [6.07, 6.45) is 3.73. The topological polar surface area (TPSA) is 37.2 Å². The van der Waals surface area contributed by atoms with E-state index in [1.165, 1.54) is 22.5 Å². The lowest BCUT2D eigenvalue weighted by molar-refractivity contribution is 0.249. The first-order chi connectivity index (χ1) is 15.3. The molecule has 156 valence electrons. The van der Waals surface area contributed by atoms with E-state index in [4.69, 9.17) is 0 Å². The summed E-state index contributed by atoms with van der Waals surface area (Å²) in [6, 6.07) is 25.1. The SMILES string of the molecule is Cc1c(CN2CCN(c3ccccn3)CC2)cc(-c2ccccc2)n1-c1ccccn1. The normalized spacial score (nSPS) is 14.7. The standard InChI is InChI=1S/C26H27N5/c1-21-23(20-29-15-17-30(18-16-29)25-11-5-7-13-27-25)19-24(22-9-3-2-4-10-22)31(21)26-12-6-8-14-28-26/h2-14,19H,15-18,20H2,1H3. The van der Waals surface area contributed by atoms with Gasteiger partial charge in [0.15, 0.2) is 0 Å². The summed E-state index contributed by atoms with van der Waals surface area (Å²) in [6.45, 7) is 7.23. The lowest BCUT2D eigenvalue weighted by atomic mass is 10.1. The summed E-state index contributed by atoms with van der Waals surface area (Å²) in [5.74, 6) is 2.04. The van der Waals surface area contributed by atoms with Crippen molar-refractivity contribution in [1.82, 2.24) is 19.4 Å². The third-order valence-electron chi connectivity index (χ3n) is 6.04. The van der Waals surface area contributed by atoms with Gasteiger partial charge in [0.2, 0.25) is 0 Å². The molecule has 5 rings (SSSR count). The van der Waals surface area contributed by atoms with Gasteiger partial charge in [0.05, 0.1) is 5.69 Å². The fourth-order valence-corrected chi connectivity index (χ4v) is 4.34. The molecule has 3 aromatic heterocycles. The maximum atomic E-state index is 4.64. The van der Waals surface area contributed by atoms with Gasteiger partial charge < -0.3 is 4.90 Å². The van der Waals surface area contributed by atoms with Crippen molar-refractivity contribution in [3.8, 4) is 17.1 Å². The van der Waals surface area contributed by atoms with Crippen LogP contribution in [-0.2, 0) is 6.54 Å². The summed E-state index contributed by atoms with van der Waals surface area (Å²) < 4.78 is 2.29. The van der Waals surface area contributed by atoms with Gasteiger partial charge in [-0.25, -0.2) is 9.97 Å². The van der Waals surface area contributed by atoms with Crippen LogP contribution in [0.5, 0.6) is 0 Å². The summed E-state index contributed by atoms with van der Waals surface area (Å²) in [5.41, 5.74) is 5.02. The van der Waals surface area contributed by atoms with Gasteiger partial charge in [0, 0.05) is 50.8 Å². The number of aromatic nitrogens is 3. The molecule has 5 nitrogen and oxygen atoms in total. The second-order valence-electron chi connectivity index (χ2n) is 7.98. The molecule has 1 aliphatic rings. The van der Waals surface area contributed by atoms with Crippen LogP contribution in [0.2, 0.25) is 0 Å². The Morgan fingerprint density at radius 2 is 1.39 bits per heavy atom. The van der Waals surface area contributed by atoms with Crippen molar-refractivity contribution in [2.45, 2.75) is 13.5 Å². The molecular formula is C26H27N5. The van der Waals surface area contributed by atoms with Crippen molar-refractivity contribution in [3.05, 3.63) is 96.4 Å². The maximum absolute atomic E-state index is 4.64. The highest BCUT2D eigenvalue weighted by Gasteiger charge is 2.21. The number of pyridine rings is 2. The first kappa shape index (κ1) is 19.5. The molecule has 0 N–H and O–H groups in total. The molecule has 0 spiro atoms. The Labute approximate surface area is 183 Å². The van der Waals surface area contributed by atoms with E-state index in [9.17, 15) is 0 Å². The summed E-state index contributed by atoms with van der Waals surface area (Å²) in [5, 5.41) is 0. The van der Waals surface area contributed by atoms with Gasteiger partial charge in [-0.15, -0.1) is 0 Å². The highest BCUT2D eigenvalue weighted by molar-refractivity contribution is 5.65. The molecule has 0 unspecified atom stereocenters. The number of nitrogens with zero attached hydrogens (tertiary/aromatic N) is 5. The smallest absolute Gasteiger partial charge is 0.137 e. The minimum atomic E-state index is 0.946. The predicted octanol–water partition coefficient (Wildman–Crippen LogP) is 4.56. The molecule has 1 saturated heterocycles. The first-order valence-electron chi connectivity index (χ1n) is 10.9. The quantitative estimate of drug-likeness (QED) is 0.484.